The van der Waals surface area contributed by atoms with E-state index < -0.39 is 24.3 Å². The predicted octanol–water partition coefficient (Wildman–Crippen LogP) is 5.05. The minimum absolute atomic E-state index is 0.00541. The fourth-order valence-corrected chi connectivity index (χ4v) is 6.93. The Bertz CT molecular complexity index is 1990. The van der Waals surface area contributed by atoms with E-state index in [1.807, 2.05) is 62.5 Å². The maximum absolute atomic E-state index is 13.6. The molecule has 4 N–H and O–H groups in total. The first-order valence-electron chi connectivity index (χ1n) is 18.9. The second-order valence-corrected chi connectivity index (χ2v) is 14.3. The first-order chi connectivity index (χ1) is 27.1. The quantitative estimate of drug-likeness (QED) is 0.198. The lowest BCUT2D eigenvalue weighted by atomic mass is 10.00. The van der Waals surface area contributed by atoms with Gasteiger partial charge in [-0.05, 0) is 54.9 Å². The van der Waals surface area contributed by atoms with E-state index >= 15 is 0 Å². The third-order valence-corrected chi connectivity index (χ3v) is 10.0. The lowest BCUT2D eigenvalue weighted by Gasteiger charge is -2.29. The highest BCUT2D eigenvalue weighted by Crippen LogP contribution is 2.36. The van der Waals surface area contributed by atoms with Gasteiger partial charge in [0.1, 0.15) is 29.5 Å². The fraction of sp³-hybridized carbons (Fsp3) is 0.450. The molecule has 4 aromatic rings. The number of hydrogen-bond acceptors (Lipinski definition) is 10. The van der Waals surface area contributed by atoms with Gasteiger partial charge in [0.25, 0.3) is 0 Å². The van der Waals surface area contributed by atoms with E-state index in [9.17, 15) is 19.2 Å². The molecule has 2 aromatic heterocycles. The number of nitrogens with zero attached hydrogens (tertiary/aromatic N) is 4. The second-order valence-electron chi connectivity index (χ2n) is 14.3. The zero-order valence-electron chi connectivity index (χ0n) is 32.4. The average Bonchev–Trinajstić information content (AvgIpc) is 4.00. The molecule has 0 radical (unpaired) electrons. The van der Waals surface area contributed by atoms with Gasteiger partial charge in [-0.3, -0.25) is 9.59 Å². The number of benzene rings is 2. The zero-order chi connectivity index (χ0) is 39.8. The lowest BCUT2D eigenvalue weighted by molar-refractivity contribution is -0.135. The number of aromatic amines is 2. The van der Waals surface area contributed by atoms with Gasteiger partial charge in [0.2, 0.25) is 11.8 Å². The van der Waals surface area contributed by atoms with E-state index in [1.54, 1.807) is 18.1 Å². The summed E-state index contributed by atoms with van der Waals surface area (Å²) in [4.78, 5) is 70.1. The van der Waals surface area contributed by atoms with Crippen molar-refractivity contribution in [2.75, 3.05) is 47.6 Å². The first-order valence-corrected chi connectivity index (χ1v) is 18.9. The summed E-state index contributed by atoms with van der Waals surface area (Å²) in [5.41, 5.74) is 5.11. The van der Waals surface area contributed by atoms with Crippen LogP contribution in [0, 0.1) is 5.92 Å². The van der Waals surface area contributed by atoms with Crippen molar-refractivity contribution in [2.45, 2.75) is 64.2 Å². The third-order valence-electron chi connectivity index (χ3n) is 10.0. The molecule has 2 aromatic carbocycles. The summed E-state index contributed by atoms with van der Waals surface area (Å²) in [5, 5.41) is 5.25. The number of methoxy groups -OCH3 is 2. The summed E-state index contributed by atoms with van der Waals surface area (Å²) in [6, 6.07) is 12.3. The Balaban J connectivity index is 1.18. The van der Waals surface area contributed by atoms with Crippen LogP contribution < -0.4 is 15.4 Å². The summed E-state index contributed by atoms with van der Waals surface area (Å²) in [6.07, 6.45) is 5.29. The number of ether oxygens (including phenoxy) is 4. The molecule has 16 nitrogen and oxygen atoms in total. The van der Waals surface area contributed by atoms with Crippen LogP contribution in [0.4, 0.5) is 9.59 Å². The Labute approximate surface area is 325 Å². The average molecular weight is 771 g/mol. The number of amides is 4. The van der Waals surface area contributed by atoms with Gasteiger partial charge in [0.05, 0.1) is 51.4 Å². The highest BCUT2D eigenvalue weighted by Gasteiger charge is 2.37. The molecule has 3 atom stereocenters. The van der Waals surface area contributed by atoms with Gasteiger partial charge in [-0.1, -0.05) is 44.2 Å². The van der Waals surface area contributed by atoms with Crippen molar-refractivity contribution in [1.82, 2.24) is 40.4 Å². The number of imidazole rings is 2. The van der Waals surface area contributed by atoms with Crippen molar-refractivity contribution in [3.05, 3.63) is 66.5 Å². The largest absolute Gasteiger partial charge is 0.493 e. The molecule has 0 saturated carbocycles. The molecule has 4 heterocycles. The highest BCUT2D eigenvalue weighted by molar-refractivity contribution is 5.87. The van der Waals surface area contributed by atoms with Crippen LogP contribution in [0.2, 0.25) is 0 Å². The van der Waals surface area contributed by atoms with E-state index in [0.717, 1.165) is 40.8 Å². The lowest BCUT2D eigenvalue weighted by Crippen LogP contribution is -2.51. The normalized spacial score (nSPS) is 18.5. The van der Waals surface area contributed by atoms with Gasteiger partial charge in [-0.15, -0.1) is 0 Å². The number of carbonyl (C=O) groups excluding carboxylic acids is 4. The van der Waals surface area contributed by atoms with Crippen molar-refractivity contribution in [3.8, 4) is 39.4 Å². The van der Waals surface area contributed by atoms with Gasteiger partial charge in [0.15, 0.2) is 0 Å². The molecule has 1 fully saturated rings. The standard InChI is InChI=1S/C40H50N8O8/c1-24(2)35(46-40(52)54-5)38(50)48-16-8-9-32(48)36-42-20-29(44-36)26-12-10-25(11-13-26)27-14-15-28-30-21-41-34(43-30)22-47(3)37(49)31(45-39(51)53-4)23-55-17-6-7-18-56-33(28)19-27/h10-15,19-21,24,31-32,35H,6-9,16-18,22-23H2,1-5H3,(H,41,43)(H,42,44)(H,45,51)(H,46,52)/t31-,32-,35-/m0/s1. The highest BCUT2D eigenvalue weighted by atomic mass is 16.5. The number of H-pyrrole nitrogens is 2. The molecule has 0 unspecified atom stereocenters. The van der Waals surface area contributed by atoms with Crippen LogP contribution >= 0.6 is 0 Å². The summed E-state index contributed by atoms with van der Waals surface area (Å²) in [7, 11) is 4.17. The number of aromatic nitrogens is 4. The van der Waals surface area contributed by atoms with Crippen LogP contribution in [0.5, 0.6) is 5.75 Å². The van der Waals surface area contributed by atoms with Crippen LogP contribution in [-0.2, 0) is 30.3 Å². The van der Waals surface area contributed by atoms with Gasteiger partial charge in [-0.25, -0.2) is 19.6 Å². The monoisotopic (exact) mass is 770 g/mol. The topological polar surface area (TPSA) is 193 Å². The Hall–Kier alpha value is -5.90. The Kier molecular flexibility index (Phi) is 12.9. The third kappa shape index (κ3) is 9.30. The molecule has 2 bridgehead atoms. The van der Waals surface area contributed by atoms with Gasteiger partial charge in [0, 0.05) is 43.7 Å². The first kappa shape index (κ1) is 39.8. The van der Waals surface area contributed by atoms with Crippen molar-refractivity contribution < 1.29 is 38.1 Å². The number of rotatable bonds is 7. The van der Waals surface area contributed by atoms with Gasteiger partial charge >= 0.3 is 12.2 Å². The summed E-state index contributed by atoms with van der Waals surface area (Å²) in [5.74, 6) is 1.35. The Morgan fingerprint density at radius 3 is 2.36 bits per heavy atom. The molecular weight excluding hydrogens is 720 g/mol. The van der Waals surface area contributed by atoms with Crippen molar-refractivity contribution in [1.29, 1.82) is 0 Å². The second kappa shape index (κ2) is 18.2. The number of nitrogens with one attached hydrogen (secondary N) is 4. The molecule has 1 saturated heterocycles. The van der Waals surface area contributed by atoms with Crippen LogP contribution in [0.25, 0.3) is 33.6 Å². The molecule has 0 aliphatic carbocycles. The van der Waals surface area contributed by atoms with Crippen molar-refractivity contribution >= 4 is 24.0 Å². The van der Waals surface area contributed by atoms with E-state index in [0.29, 0.717) is 55.7 Å². The predicted molar refractivity (Wildman–Crippen MR) is 206 cm³/mol. The molecule has 298 valence electrons. The zero-order valence-corrected chi connectivity index (χ0v) is 32.4. The van der Waals surface area contributed by atoms with Crippen LogP contribution in [0.1, 0.15) is 57.2 Å². The van der Waals surface area contributed by atoms with E-state index in [4.69, 9.17) is 28.9 Å². The summed E-state index contributed by atoms with van der Waals surface area (Å²) in [6.45, 7) is 5.38. The molecule has 16 heteroatoms. The summed E-state index contributed by atoms with van der Waals surface area (Å²) >= 11 is 0. The number of alkyl carbamates (subject to hydrolysis) is 2. The molecule has 0 spiro atoms. The van der Waals surface area contributed by atoms with Gasteiger partial charge in [-0.2, -0.15) is 0 Å². The molecule has 6 rings (SSSR count). The minimum Gasteiger partial charge on any atom is -0.493 e. The van der Waals surface area contributed by atoms with Crippen molar-refractivity contribution in [3.63, 3.8) is 0 Å². The molecule has 2 aliphatic rings. The number of fused-ring (bicyclic) bond motifs is 4. The Morgan fingerprint density at radius 1 is 0.893 bits per heavy atom. The minimum atomic E-state index is -0.905. The van der Waals surface area contributed by atoms with E-state index in [-0.39, 0.29) is 36.9 Å². The van der Waals surface area contributed by atoms with Gasteiger partial charge < -0.3 is 49.3 Å². The van der Waals surface area contributed by atoms with Crippen LogP contribution in [0.15, 0.2) is 54.9 Å². The maximum atomic E-state index is 13.6. The smallest absolute Gasteiger partial charge is 0.407 e. The number of carbonyl (C=O) groups is 4. The number of likely N-dealkylation sites (tertiary alicyclic amines) is 1. The molecule has 56 heavy (non-hydrogen) atoms. The van der Waals surface area contributed by atoms with E-state index in [2.05, 4.69) is 20.6 Å². The molecular formula is C40H50N8O8. The number of likely N-dealkylation sites (N-methyl/N-ethyl adjacent to an activating group) is 1. The SMILES string of the molecule is COC(=O)N[C@H]1COCCCCOc2cc(-c3ccc(-c4c[nH]c([C@@H]5CCCN5C(=O)[C@@H](NC(=O)OC)C(C)C)n4)cc3)ccc2-c2c[nH]c(n2)CN(C)C1=O. The van der Waals surface area contributed by atoms with E-state index in [1.165, 1.54) is 19.1 Å². The maximum Gasteiger partial charge on any atom is 0.407 e. The number of hydrogen-bond donors (Lipinski definition) is 4. The fourth-order valence-electron chi connectivity index (χ4n) is 6.93. The molecule has 4 amide bonds. The van der Waals surface area contributed by atoms with Crippen molar-refractivity contribution in [2.24, 2.45) is 5.92 Å². The molecule has 2 aliphatic heterocycles. The van der Waals surface area contributed by atoms with Crippen LogP contribution in [-0.4, -0.2) is 113 Å². The summed E-state index contributed by atoms with van der Waals surface area (Å²) < 4.78 is 21.6. The van der Waals surface area contributed by atoms with Crippen LogP contribution in [0.3, 0.4) is 0 Å². The Morgan fingerprint density at radius 2 is 1.61 bits per heavy atom.